The number of nitriles is 1. The first kappa shape index (κ1) is 15.4. The summed E-state index contributed by atoms with van der Waals surface area (Å²) in [5.41, 5.74) is 2.02. The van der Waals surface area contributed by atoms with E-state index in [1.807, 2.05) is 54.8 Å². The summed E-state index contributed by atoms with van der Waals surface area (Å²) in [4.78, 5) is 1.19. The first-order valence-corrected chi connectivity index (χ1v) is 7.89. The Morgan fingerprint density at radius 1 is 1.19 bits per heavy atom. The predicted octanol–water partition coefficient (Wildman–Crippen LogP) is 3.77. The van der Waals surface area contributed by atoms with Crippen molar-refractivity contribution in [2.45, 2.75) is 17.5 Å². The van der Waals surface area contributed by atoms with Crippen molar-refractivity contribution in [3.05, 3.63) is 59.7 Å². The second kappa shape index (κ2) is 7.72. The molecule has 2 aromatic rings. The van der Waals surface area contributed by atoms with Crippen LogP contribution in [0.25, 0.3) is 0 Å². The molecule has 0 saturated carbocycles. The van der Waals surface area contributed by atoms with Gasteiger partial charge in [0.15, 0.2) is 0 Å². The lowest BCUT2D eigenvalue weighted by Gasteiger charge is -2.14. The van der Waals surface area contributed by atoms with E-state index in [1.165, 1.54) is 4.90 Å². The summed E-state index contributed by atoms with van der Waals surface area (Å²) in [6.07, 6.45) is 2.04. The first-order chi connectivity index (χ1) is 10.3. The third-order valence-corrected chi connectivity index (χ3v) is 4.01. The maximum Gasteiger partial charge on any atom is 0.123 e. The molecule has 21 heavy (non-hydrogen) atoms. The van der Waals surface area contributed by atoms with E-state index >= 15 is 0 Å². The second-order valence-corrected chi connectivity index (χ2v) is 5.41. The van der Waals surface area contributed by atoms with Crippen LogP contribution in [0.2, 0.25) is 0 Å². The largest absolute Gasteiger partial charge is 0.496 e. The fraction of sp³-hybridized carbons (Fsp3) is 0.235. The van der Waals surface area contributed by atoms with Crippen LogP contribution in [-0.2, 0) is 6.54 Å². The number of hydrogen-bond donors (Lipinski definition) is 1. The lowest BCUT2D eigenvalue weighted by Crippen LogP contribution is -2.19. The number of nitrogens with zero attached hydrogens (tertiary/aromatic N) is 1. The topological polar surface area (TPSA) is 45.0 Å². The highest BCUT2D eigenvalue weighted by Gasteiger charge is 2.11. The average molecular weight is 298 g/mol. The molecule has 2 aromatic carbocycles. The van der Waals surface area contributed by atoms with Gasteiger partial charge >= 0.3 is 0 Å². The molecule has 0 heterocycles. The molecule has 0 aromatic heterocycles. The molecule has 0 aliphatic heterocycles. The van der Waals surface area contributed by atoms with Crippen molar-refractivity contribution in [2.24, 2.45) is 0 Å². The lowest BCUT2D eigenvalue weighted by atomic mass is 10.1. The summed E-state index contributed by atoms with van der Waals surface area (Å²) in [6, 6.07) is 17.9. The summed E-state index contributed by atoms with van der Waals surface area (Å²) in [7, 11) is 1.65. The van der Waals surface area contributed by atoms with E-state index in [1.54, 1.807) is 18.9 Å². The van der Waals surface area contributed by atoms with Crippen LogP contribution in [0, 0.1) is 11.3 Å². The van der Waals surface area contributed by atoms with Gasteiger partial charge in [-0.05, 0) is 30.0 Å². The van der Waals surface area contributed by atoms with Crippen LogP contribution in [0.3, 0.4) is 0 Å². The van der Waals surface area contributed by atoms with Crippen molar-refractivity contribution in [2.75, 3.05) is 13.4 Å². The standard InChI is InChI=1S/C17H18N2OS/c1-20-17-6-4-3-5-14(17)12-19-16(11-18)13-7-9-15(21-2)10-8-13/h3-10,16,19H,12H2,1-2H3. The van der Waals surface area contributed by atoms with Crippen molar-refractivity contribution in [1.82, 2.24) is 5.32 Å². The Hall–Kier alpha value is -1.96. The molecule has 0 saturated heterocycles. The second-order valence-electron chi connectivity index (χ2n) is 4.53. The molecule has 4 heteroatoms. The number of methoxy groups -OCH3 is 1. The minimum atomic E-state index is -0.328. The third kappa shape index (κ3) is 4.01. The fourth-order valence-corrected chi connectivity index (χ4v) is 2.50. The number of hydrogen-bond acceptors (Lipinski definition) is 4. The Labute approximate surface area is 129 Å². The van der Waals surface area contributed by atoms with E-state index < -0.39 is 0 Å². The Kier molecular flexibility index (Phi) is 5.68. The minimum absolute atomic E-state index is 0.328. The van der Waals surface area contributed by atoms with E-state index in [0.29, 0.717) is 6.54 Å². The number of rotatable bonds is 6. The maximum absolute atomic E-state index is 9.36. The van der Waals surface area contributed by atoms with Gasteiger partial charge in [0.1, 0.15) is 11.8 Å². The highest BCUT2D eigenvalue weighted by atomic mass is 32.2. The van der Waals surface area contributed by atoms with Crippen molar-refractivity contribution in [1.29, 1.82) is 5.26 Å². The van der Waals surface area contributed by atoms with Gasteiger partial charge in [0, 0.05) is 17.0 Å². The SMILES string of the molecule is COc1ccccc1CNC(C#N)c1ccc(SC)cc1. The molecule has 0 amide bonds. The number of para-hydroxylation sites is 1. The van der Waals surface area contributed by atoms with Crippen LogP contribution < -0.4 is 10.1 Å². The number of nitrogens with one attached hydrogen (secondary N) is 1. The number of benzene rings is 2. The molecule has 108 valence electrons. The zero-order valence-electron chi connectivity index (χ0n) is 12.2. The van der Waals surface area contributed by atoms with Gasteiger partial charge in [-0.2, -0.15) is 5.26 Å². The highest BCUT2D eigenvalue weighted by Crippen LogP contribution is 2.21. The molecule has 1 unspecified atom stereocenters. The molecular weight excluding hydrogens is 280 g/mol. The molecule has 0 radical (unpaired) electrons. The van der Waals surface area contributed by atoms with Gasteiger partial charge in [-0.15, -0.1) is 11.8 Å². The third-order valence-electron chi connectivity index (χ3n) is 3.27. The Morgan fingerprint density at radius 2 is 1.90 bits per heavy atom. The molecule has 0 bridgehead atoms. The molecule has 1 atom stereocenters. The maximum atomic E-state index is 9.36. The van der Waals surface area contributed by atoms with Gasteiger partial charge in [0.25, 0.3) is 0 Å². The lowest BCUT2D eigenvalue weighted by molar-refractivity contribution is 0.407. The summed E-state index contributed by atoms with van der Waals surface area (Å²) in [6.45, 7) is 0.590. The van der Waals surface area contributed by atoms with Crippen LogP contribution in [0.15, 0.2) is 53.4 Å². The van der Waals surface area contributed by atoms with Gasteiger partial charge in [-0.3, -0.25) is 5.32 Å². The molecule has 0 spiro atoms. The average Bonchev–Trinajstić information content (AvgIpc) is 2.56. The molecule has 0 aliphatic carbocycles. The minimum Gasteiger partial charge on any atom is -0.496 e. The van der Waals surface area contributed by atoms with E-state index in [2.05, 4.69) is 11.4 Å². The van der Waals surface area contributed by atoms with Gasteiger partial charge < -0.3 is 4.74 Å². The van der Waals surface area contributed by atoms with Crippen molar-refractivity contribution < 1.29 is 4.74 Å². The van der Waals surface area contributed by atoms with Crippen molar-refractivity contribution in [3.8, 4) is 11.8 Å². The van der Waals surface area contributed by atoms with Crippen LogP contribution in [0.1, 0.15) is 17.2 Å². The monoisotopic (exact) mass is 298 g/mol. The number of thioether (sulfide) groups is 1. The first-order valence-electron chi connectivity index (χ1n) is 6.67. The summed E-state index contributed by atoms with van der Waals surface area (Å²) in [5.74, 6) is 0.833. The Morgan fingerprint density at radius 3 is 2.52 bits per heavy atom. The summed E-state index contributed by atoms with van der Waals surface area (Å²) >= 11 is 1.69. The van der Waals surface area contributed by atoms with Crippen LogP contribution in [0.4, 0.5) is 0 Å². The smallest absolute Gasteiger partial charge is 0.123 e. The fourth-order valence-electron chi connectivity index (χ4n) is 2.10. The summed E-state index contributed by atoms with van der Waals surface area (Å²) < 4.78 is 5.32. The zero-order chi connectivity index (χ0) is 15.1. The van der Waals surface area contributed by atoms with Crippen LogP contribution in [0.5, 0.6) is 5.75 Å². The molecule has 0 fully saturated rings. The number of ether oxygens (including phenoxy) is 1. The van der Waals surface area contributed by atoms with Crippen LogP contribution >= 0.6 is 11.8 Å². The van der Waals surface area contributed by atoms with E-state index in [0.717, 1.165) is 16.9 Å². The zero-order valence-corrected chi connectivity index (χ0v) is 13.0. The van der Waals surface area contributed by atoms with Gasteiger partial charge in [-0.25, -0.2) is 0 Å². The van der Waals surface area contributed by atoms with Crippen molar-refractivity contribution >= 4 is 11.8 Å². The van der Waals surface area contributed by atoms with E-state index in [4.69, 9.17) is 4.74 Å². The Balaban J connectivity index is 2.07. The normalized spacial score (nSPS) is 11.7. The Bertz CT molecular complexity index is 619. The van der Waals surface area contributed by atoms with E-state index in [9.17, 15) is 5.26 Å². The predicted molar refractivity (Wildman–Crippen MR) is 86.4 cm³/mol. The quantitative estimate of drug-likeness (QED) is 0.825. The summed E-state index contributed by atoms with van der Waals surface area (Å²) in [5, 5.41) is 12.6. The van der Waals surface area contributed by atoms with Crippen molar-refractivity contribution in [3.63, 3.8) is 0 Å². The molecule has 2 rings (SSSR count). The van der Waals surface area contributed by atoms with Gasteiger partial charge in [0.2, 0.25) is 0 Å². The van der Waals surface area contributed by atoms with E-state index in [-0.39, 0.29) is 6.04 Å². The molecular formula is C17H18N2OS. The molecule has 0 aliphatic rings. The highest BCUT2D eigenvalue weighted by molar-refractivity contribution is 7.98. The molecule has 3 nitrogen and oxygen atoms in total. The van der Waals surface area contributed by atoms with Gasteiger partial charge in [-0.1, -0.05) is 30.3 Å². The van der Waals surface area contributed by atoms with Gasteiger partial charge in [0.05, 0.1) is 13.2 Å². The molecule has 1 N–H and O–H groups in total. The van der Waals surface area contributed by atoms with Crippen LogP contribution in [-0.4, -0.2) is 13.4 Å².